The molecule has 9 heteroatoms. The predicted molar refractivity (Wildman–Crippen MR) is 113 cm³/mol. The van der Waals surface area contributed by atoms with E-state index in [1.165, 1.54) is 12.3 Å². The molecule has 2 saturated carbocycles. The highest BCUT2D eigenvalue weighted by Gasteiger charge is 2.67. The van der Waals surface area contributed by atoms with E-state index in [1.54, 1.807) is 24.3 Å². The summed E-state index contributed by atoms with van der Waals surface area (Å²) in [5.41, 5.74) is 0.233. The molecule has 6 atom stereocenters. The second-order valence-corrected chi connectivity index (χ2v) is 9.42. The zero-order chi connectivity index (χ0) is 21.4. The van der Waals surface area contributed by atoms with Crippen molar-refractivity contribution in [3.05, 3.63) is 62.8 Å². The van der Waals surface area contributed by atoms with Crippen molar-refractivity contribution in [1.29, 1.82) is 0 Å². The number of carbonyl (C=O) groups excluding carboxylic acids is 2. The molecule has 1 aliphatic heterocycles. The van der Waals surface area contributed by atoms with Crippen molar-refractivity contribution >= 4 is 39.6 Å². The van der Waals surface area contributed by atoms with E-state index < -0.39 is 4.92 Å². The van der Waals surface area contributed by atoms with Crippen molar-refractivity contribution in [3.63, 3.8) is 0 Å². The summed E-state index contributed by atoms with van der Waals surface area (Å²) in [6.45, 7) is 0. The third-order valence-electron chi connectivity index (χ3n) is 6.99. The molecule has 3 fully saturated rings. The number of nitro groups is 1. The van der Waals surface area contributed by atoms with Crippen LogP contribution >= 0.6 is 15.9 Å². The fourth-order valence-electron chi connectivity index (χ4n) is 5.60. The van der Waals surface area contributed by atoms with E-state index in [2.05, 4.69) is 33.2 Å². The van der Waals surface area contributed by atoms with E-state index in [9.17, 15) is 19.7 Å². The number of amides is 2. The number of allylic oxidation sites excluding steroid dienone is 2. The Hall–Kier alpha value is -3.07. The van der Waals surface area contributed by atoms with Gasteiger partial charge in [-0.15, -0.1) is 0 Å². The lowest BCUT2D eigenvalue weighted by atomic mass is 9.63. The summed E-state index contributed by atoms with van der Waals surface area (Å²) in [6.07, 6.45) is 6.65. The number of imide groups is 1. The van der Waals surface area contributed by atoms with Crippen LogP contribution in [-0.2, 0) is 9.59 Å². The number of carbonyl (C=O) groups is 2. The fraction of sp³-hybridized carbons (Fsp3) is 0.318. The molecule has 1 saturated heterocycles. The number of hydrogen-bond donors (Lipinski definition) is 0. The van der Waals surface area contributed by atoms with Gasteiger partial charge in [0.15, 0.2) is 0 Å². The molecule has 2 bridgehead atoms. The van der Waals surface area contributed by atoms with Crippen LogP contribution < -0.4 is 0 Å². The van der Waals surface area contributed by atoms with Crippen LogP contribution in [0.15, 0.2) is 56.5 Å². The molecule has 0 spiro atoms. The molecule has 1 aromatic heterocycles. The van der Waals surface area contributed by atoms with Crippen molar-refractivity contribution in [1.82, 2.24) is 5.01 Å². The van der Waals surface area contributed by atoms with Gasteiger partial charge < -0.3 is 4.42 Å². The van der Waals surface area contributed by atoms with E-state index >= 15 is 0 Å². The van der Waals surface area contributed by atoms with Crippen molar-refractivity contribution in [2.24, 2.45) is 40.6 Å². The normalized spacial score (nSPS) is 32.6. The Bertz CT molecular complexity index is 1180. The van der Waals surface area contributed by atoms with Crippen molar-refractivity contribution in [2.75, 3.05) is 0 Å². The molecular formula is C22H16BrN3O5. The van der Waals surface area contributed by atoms with Gasteiger partial charge in [-0.05, 0) is 54.4 Å². The van der Waals surface area contributed by atoms with Crippen LogP contribution in [0.4, 0.5) is 5.69 Å². The largest absolute Gasteiger partial charge is 0.455 e. The van der Waals surface area contributed by atoms with Gasteiger partial charge in [-0.25, -0.2) is 0 Å². The number of nitrogens with zero attached hydrogens (tertiary/aromatic N) is 3. The number of hydrazone groups is 1. The molecule has 0 radical (unpaired) electrons. The summed E-state index contributed by atoms with van der Waals surface area (Å²) >= 11 is 3.23. The zero-order valence-corrected chi connectivity index (χ0v) is 17.6. The first-order valence-corrected chi connectivity index (χ1v) is 10.9. The Kier molecular flexibility index (Phi) is 3.89. The quantitative estimate of drug-likeness (QED) is 0.215. The van der Waals surface area contributed by atoms with E-state index in [1.807, 2.05) is 0 Å². The third kappa shape index (κ3) is 2.69. The first kappa shape index (κ1) is 18.7. The minimum absolute atomic E-state index is 0.0947. The number of benzene rings is 1. The topological polar surface area (TPSA) is 106 Å². The van der Waals surface area contributed by atoms with Crippen LogP contribution in [0.25, 0.3) is 11.3 Å². The smallest absolute Gasteiger partial charge is 0.281 e. The van der Waals surface area contributed by atoms with Crippen molar-refractivity contribution in [3.8, 4) is 11.3 Å². The molecule has 31 heavy (non-hydrogen) atoms. The van der Waals surface area contributed by atoms with Crippen LogP contribution in [0.3, 0.4) is 0 Å². The highest BCUT2D eigenvalue weighted by molar-refractivity contribution is 9.10. The van der Waals surface area contributed by atoms with E-state index in [-0.39, 0.29) is 41.2 Å². The molecule has 0 N–H and O–H groups in total. The molecule has 2 heterocycles. The van der Waals surface area contributed by atoms with Gasteiger partial charge >= 0.3 is 0 Å². The maximum absolute atomic E-state index is 13.0. The molecule has 4 aliphatic carbocycles. The van der Waals surface area contributed by atoms with Gasteiger partial charge in [-0.1, -0.05) is 28.1 Å². The average Bonchev–Trinajstić information content (AvgIpc) is 3.39. The summed E-state index contributed by atoms with van der Waals surface area (Å²) in [7, 11) is 0. The van der Waals surface area contributed by atoms with Crippen LogP contribution in [0.5, 0.6) is 0 Å². The first-order chi connectivity index (χ1) is 14.9. The Morgan fingerprint density at radius 3 is 2.42 bits per heavy atom. The fourth-order valence-corrected chi connectivity index (χ4v) is 5.95. The van der Waals surface area contributed by atoms with E-state index in [0.29, 0.717) is 33.4 Å². The van der Waals surface area contributed by atoms with Gasteiger partial charge in [0.25, 0.3) is 17.5 Å². The first-order valence-electron chi connectivity index (χ1n) is 10.1. The lowest BCUT2D eigenvalue weighted by Crippen LogP contribution is -2.40. The van der Waals surface area contributed by atoms with Gasteiger partial charge in [-0.2, -0.15) is 10.1 Å². The molecule has 0 unspecified atom stereocenters. The Labute approximate surface area is 184 Å². The number of nitro benzene ring substituents is 1. The number of rotatable bonds is 4. The Morgan fingerprint density at radius 1 is 1.10 bits per heavy atom. The zero-order valence-electron chi connectivity index (χ0n) is 16.1. The maximum Gasteiger partial charge on any atom is 0.281 e. The van der Waals surface area contributed by atoms with Gasteiger partial charge in [0.2, 0.25) is 0 Å². The molecule has 2 aromatic rings. The summed E-state index contributed by atoms with van der Waals surface area (Å²) in [6, 6.07) is 7.89. The summed E-state index contributed by atoms with van der Waals surface area (Å²) in [4.78, 5) is 36.8. The van der Waals surface area contributed by atoms with Gasteiger partial charge in [0, 0.05) is 10.5 Å². The van der Waals surface area contributed by atoms with Gasteiger partial charge in [0.1, 0.15) is 11.5 Å². The van der Waals surface area contributed by atoms with Crippen LogP contribution in [-0.4, -0.2) is 28.0 Å². The van der Waals surface area contributed by atoms with E-state index in [4.69, 9.17) is 4.42 Å². The Morgan fingerprint density at radius 2 is 1.77 bits per heavy atom. The molecule has 5 aliphatic rings. The Balaban J connectivity index is 1.26. The average molecular weight is 482 g/mol. The minimum Gasteiger partial charge on any atom is -0.455 e. The van der Waals surface area contributed by atoms with Gasteiger partial charge in [-0.3, -0.25) is 19.7 Å². The number of hydrogen-bond acceptors (Lipinski definition) is 6. The summed E-state index contributed by atoms with van der Waals surface area (Å²) in [5, 5.41) is 16.5. The standard InChI is InChI=1S/C22H16BrN3O5/c23-10-1-3-14(17(7-10)26(29)30)18-6-2-11(31-18)9-24-25-21(27)19-12-4-5-13(16-8-15(12)16)20(19)22(25)28/h1-7,9,12-13,15-16,19-20H,8H2/b24-9-/t12-,13-,15-,16+,19-,20-/m1/s1. The SMILES string of the molecule is O=C1[C@@H]2[C@@H]3C=C[C@H]([C@@H]4C[C@H]34)[C@H]2C(=O)N1/N=C\c1ccc(-c2ccc(Br)cc2[N+](=O)[O-])o1. The van der Waals surface area contributed by atoms with Crippen LogP contribution in [0.2, 0.25) is 0 Å². The van der Waals surface area contributed by atoms with E-state index in [0.717, 1.165) is 11.4 Å². The van der Waals surface area contributed by atoms with Crippen molar-refractivity contribution < 1.29 is 18.9 Å². The molecule has 156 valence electrons. The minimum atomic E-state index is -0.480. The maximum atomic E-state index is 13.0. The molecule has 2 amide bonds. The molecule has 8 nitrogen and oxygen atoms in total. The third-order valence-corrected chi connectivity index (χ3v) is 7.48. The summed E-state index contributed by atoms with van der Waals surface area (Å²) in [5.74, 6) is 0.856. The second-order valence-electron chi connectivity index (χ2n) is 8.51. The number of halogens is 1. The molecular weight excluding hydrogens is 466 g/mol. The molecule has 1 aromatic carbocycles. The summed E-state index contributed by atoms with van der Waals surface area (Å²) < 4.78 is 6.29. The second kappa shape index (κ2) is 6.46. The molecule has 7 rings (SSSR count). The van der Waals surface area contributed by atoms with Crippen LogP contribution in [0.1, 0.15) is 12.2 Å². The highest BCUT2D eigenvalue weighted by Crippen LogP contribution is 2.65. The monoisotopic (exact) mass is 481 g/mol. The van der Waals surface area contributed by atoms with Crippen LogP contribution in [0, 0.1) is 45.6 Å². The lowest BCUT2D eigenvalue weighted by Gasteiger charge is -2.37. The van der Waals surface area contributed by atoms with Gasteiger partial charge in [0.05, 0.1) is 28.5 Å². The van der Waals surface area contributed by atoms with Crippen molar-refractivity contribution in [2.45, 2.75) is 6.42 Å². The number of furan rings is 1. The highest BCUT2D eigenvalue weighted by atomic mass is 79.9. The lowest BCUT2D eigenvalue weighted by molar-refractivity contribution is -0.384. The predicted octanol–water partition coefficient (Wildman–Crippen LogP) is 4.00.